The summed E-state index contributed by atoms with van der Waals surface area (Å²) >= 11 is 0. The molecule has 1 spiro atoms. The predicted octanol–water partition coefficient (Wildman–Crippen LogP) is 2.39. The Balaban J connectivity index is 1.42. The van der Waals surface area contributed by atoms with E-state index in [1.807, 2.05) is 24.3 Å². The number of methoxy groups -OCH3 is 1. The number of piperidine rings is 1. The van der Waals surface area contributed by atoms with Gasteiger partial charge in [-0.05, 0) is 56.9 Å². The van der Waals surface area contributed by atoms with E-state index in [2.05, 4.69) is 15.8 Å². The Bertz CT molecular complexity index is 1060. The van der Waals surface area contributed by atoms with Crippen molar-refractivity contribution >= 4 is 17.7 Å². The molecule has 1 aromatic heterocycles. The monoisotopic (exact) mass is 498 g/mol. The second kappa shape index (κ2) is 11.6. The lowest BCUT2D eigenvalue weighted by molar-refractivity contribution is -0.137. The summed E-state index contributed by atoms with van der Waals surface area (Å²) in [6, 6.07) is 8.35. The van der Waals surface area contributed by atoms with Crippen molar-refractivity contribution in [3.05, 3.63) is 36.1 Å². The summed E-state index contributed by atoms with van der Waals surface area (Å²) in [6.45, 7) is 3.99. The second-order valence-corrected chi connectivity index (χ2v) is 9.43. The highest BCUT2D eigenvalue weighted by atomic mass is 16.5. The molecule has 10 heteroatoms. The molecule has 2 fully saturated rings. The van der Waals surface area contributed by atoms with Crippen LogP contribution < -0.4 is 15.4 Å². The maximum absolute atomic E-state index is 13.3. The minimum atomic E-state index is -0.639. The minimum Gasteiger partial charge on any atom is -0.497 e. The van der Waals surface area contributed by atoms with Crippen molar-refractivity contribution < 1.29 is 28.4 Å². The Labute approximate surface area is 210 Å². The maximum Gasteiger partial charge on any atom is 0.292 e. The van der Waals surface area contributed by atoms with Gasteiger partial charge in [0, 0.05) is 37.9 Å². The van der Waals surface area contributed by atoms with Gasteiger partial charge in [-0.25, -0.2) is 0 Å². The van der Waals surface area contributed by atoms with Crippen LogP contribution >= 0.6 is 0 Å². The average molecular weight is 499 g/mol. The van der Waals surface area contributed by atoms with E-state index in [0.29, 0.717) is 57.8 Å². The summed E-state index contributed by atoms with van der Waals surface area (Å²) in [5.41, 5.74) is 0.757. The van der Waals surface area contributed by atoms with E-state index in [9.17, 15) is 14.4 Å². The summed E-state index contributed by atoms with van der Waals surface area (Å²) < 4.78 is 16.1. The number of benzene rings is 1. The molecular weight excluding hydrogens is 464 g/mol. The standard InChI is InChI=1S/C26H34N4O6/c1-18-23(31)27-12-16-35-15-4-3-9-26(25(33)28-18)10-13-30(14-11-26)24(32)22-17-21(29-36-22)19-5-7-20(34-2)8-6-19/h5-8,17-18H,3-4,9-16H2,1-2H3,(H,27,31)(H,28,33)/t18-/m0/s1. The number of amides is 3. The zero-order valence-electron chi connectivity index (χ0n) is 20.9. The molecule has 36 heavy (non-hydrogen) atoms. The molecule has 3 amide bonds. The zero-order valence-corrected chi connectivity index (χ0v) is 20.9. The number of aromatic nitrogens is 1. The van der Waals surface area contributed by atoms with Crippen molar-refractivity contribution in [2.24, 2.45) is 5.41 Å². The SMILES string of the molecule is COc1ccc(-c2cc(C(=O)N3CCC4(CCCCOCCNC(=O)[C@H](C)NC4=O)CC3)on2)cc1. The van der Waals surface area contributed by atoms with Crippen molar-refractivity contribution in [1.29, 1.82) is 0 Å². The van der Waals surface area contributed by atoms with Gasteiger partial charge in [-0.3, -0.25) is 14.4 Å². The van der Waals surface area contributed by atoms with Crippen LogP contribution in [-0.4, -0.2) is 73.8 Å². The molecule has 2 aliphatic rings. The molecule has 2 N–H and O–H groups in total. The molecule has 0 saturated carbocycles. The quantitative estimate of drug-likeness (QED) is 0.666. The topological polar surface area (TPSA) is 123 Å². The number of hydrogen-bond acceptors (Lipinski definition) is 7. The van der Waals surface area contributed by atoms with Gasteiger partial charge < -0.3 is 29.5 Å². The molecule has 4 rings (SSSR count). The Morgan fingerprint density at radius 1 is 1.11 bits per heavy atom. The van der Waals surface area contributed by atoms with Gasteiger partial charge >= 0.3 is 0 Å². The highest BCUT2D eigenvalue weighted by molar-refractivity contribution is 5.93. The van der Waals surface area contributed by atoms with Crippen LogP contribution in [0, 0.1) is 5.41 Å². The van der Waals surface area contributed by atoms with E-state index in [-0.39, 0.29) is 23.5 Å². The molecule has 1 aromatic carbocycles. The highest BCUT2D eigenvalue weighted by Crippen LogP contribution is 2.38. The number of carbonyl (C=O) groups is 3. The fourth-order valence-electron chi connectivity index (χ4n) is 4.74. The summed E-state index contributed by atoms with van der Waals surface area (Å²) in [5, 5.41) is 9.75. The molecule has 0 unspecified atom stereocenters. The first-order valence-electron chi connectivity index (χ1n) is 12.5. The first-order chi connectivity index (χ1) is 17.4. The molecule has 194 valence electrons. The molecule has 2 aromatic rings. The number of nitrogens with one attached hydrogen (secondary N) is 2. The largest absolute Gasteiger partial charge is 0.497 e. The number of hydrogen-bond donors (Lipinski definition) is 2. The third-order valence-electron chi connectivity index (χ3n) is 7.08. The van der Waals surface area contributed by atoms with Crippen molar-refractivity contribution in [2.75, 3.05) is 40.0 Å². The summed E-state index contributed by atoms with van der Waals surface area (Å²) in [7, 11) is 1.60. The molecule has 0 aliphatic carbocycles. The van der Waals surface area contributed by atoms with E-state index < -0.39 is 11.5 Å². The van der Waals surface area contributed by atoms with Gasteiger partial charge in [0.25, 0.3) is 5.91 Å². The van der Waals surface area contributed by atoms with Gasteiger partial charge in [-0.2, -0.15) is 0 Å². The summed E-state index contributed by atoms with van der Waals surface area (Å²) in [6.07, 6.45) is 3.39. The smallest absolute Gasteiger partial charge is 0.292 e. The number of nitrogens with zero attached hydrogens (tertiary/aromatic N) is 2. The first kappa shape index (κ1) is 25.7. The van der Waals surface area contributed by atoms with E-state index >= 15 is 0 Å². The Kier molecular flexibility index (Phi) is 8.25. The minimum absolute atomic E-state index is 0.126. The lowest BCUT2D eigenvalue weighted by Crippen LogP contribution is -2.54. The van der Waals surface area contributed by atoms with E-state index in [1.54, 1.807) is 25.0 Å². The Morgan fingerprint density at radius 3 is 2.58 bits per heavy atom. The fraction of sp³-hybridized carbons (Fsp3) is 0.538. The van der Waals surface area contributed by atoms with Crippen LogP contribution in [0.5, 0.6) is 5.75 Å². The van der Waals surface area contributed by atoms with Crippen LogP contribution in [0.1, 0.15) is 49.6 Å². The van der Waals surface area contributed by atoms with E-state index in [1.165, 1.54) is 0 Å². The third kappa shape index (κ3) is 5.87. The molecule has 0 bridgehead atoms. The number of carbonyl (C=O) groups excluding carboxylic acids is 3. The molecular formula is C26H34N4O6. The number of ether oxygens (including phenoxy) is 2. The number of rotatable bonds is 3. The van der Waals surface area contributed by atoms with Crippen molar-refractivity contribution in [3.8, 4) is 17.0 Å². The maximum atomic E-state index is 13.3. The summed E-state index contributed by atoms with van der Waals surface area (Å²) in [5.74, 6) is 0.294. The van der Waals surface area contributed by atoms with Crippen molar-refractivity contribution in [2.45, 2.75) is 45.1 Å². The van der Waals surface area contributed by atoms with Crippen LogP contribution in [0.15, 0.2) is 34.9 Å². The summed E-state index contributed by atoms with van der Waals surface area (Å²) in [4.78, 5) is 40.5. The normalized spacial score (nSPS) is 21.5. The highest BCUT2D eigenvalue weighted by Gasteiger charge is 2.43. The second-order valence-electron chi connectivity index (χ2n) is 9.43. The van der Waals surface area contributed by atoms with Crippen LogP contribution in [0.2, 0.25) is 0 Å². The van der Waals surface area contributed by atoms with Crippen molar-refractivity contribution in [1.82, 2.24) is 20.7 Å². The molecule has 2 saturated heterocycles. The molecule has 0 radical (unpaired) electrons. The third-order valence-corrected chi connectivity index (χ3v) is 7.08. The van der Waals surface area contributed by atoms with E-state index in [4.69, 9.17) is 14.0 Å². The van der Waals surface area contributed by atoms with Crippen molar-refractivity contribution in [3.63, 3.8) is 0 Å². The van der Waals surface area contributed by atoms with Gasteiger partial charge in [0.05, 0.1) is 19.1 Å². The van der Waals surface area contributed by atoms with E-state index in [0.717, 1.165) is 24.2 Å². The number of likely N-dealkylation sites (tertiary alicyclic amines) is 1. The van der Waals surface area contributed by atoms with Crippen LogP contribution in [0.3, 0.4) is 0 Å². The first-order valence-corrected chi connectivity index (χ1v) is 12.5. The van der Waals surface area contributed by atoms with Gasteiger partial charge in [0.2, 0.25) is 17.6 Å². The average Bonchev–Trinajstić information content (AvgIpc) is 3.40. The zero-order chi connectivity index (χ0) is 25.5. The predicted molar refractivity (Wildman–Crippen MR) is 131 cm³/mol. The lowest BCUT2D eigenvalue weighted by atomic mass is 9.73. The van der Waals surface area contributed by atoms with Gasteiger partial charge in [0.15, 0.2) is 0 Å². The molecule has 2 aliphatic heterocycles. The Hall–Kier alpha value is -3.40. The van der Waals surface area contributed by atoms with Crippen LogP contribution in [0.4, 0.5) is 0 Å². The fourth-order valence-corrected chi connectivity index (χ4v) is 4.74. The molecule has 3 heterocycles. The van der Waals surface area contributed by atoms with Gasteiger partial charge in [0.1, 0.15) is 17.5 Å². The molecule has 1 atom stereocenters. The van der Waals surface area contributed by atoms with Crippen LogP contribution in [0.25, 0.3) is 11.3 Å². The van der Waals surface area contributed by atoms with Gasteiger partial charge in [-0.1, -0.05) is 11.6 Å². The molecule has 10 nitrogen and oxygen atoms in total. The lowest BCUT2D eigenvalue weighted by Gasteiger charge is -2.41. The Morgan fingerprint density at radius 2 is 1.86 bits per heavy atom. The van der Waals surface area contributed by atoms with Crippen LogP contribution in [-0.2, 0) is 14.3 Å². The van der Waals surface area contributed by atoms with Gasteiger partial charge in [-0.15, -0.1) is 0 Å².